The van der Waals surface area contributed by atoms with Crippen molar-refractivity contribution in [2.45, 2.75) is 39.2 Å². The summed E-state index contributed by atoms with van der Waals surface area (Å²) in [6.07, 6.45) is 4.14. The van der Waals surface area contributed by atoms with Crippen LogP contribution in [0.2, 0.25) is 0 Å². The van der Waals surface area contributed by atoms with Gasteiger partial charge in [0, 0.05) is 43.5 Å². The Balaban J connectivity index is 1.32. The van der Waals surface area contributed by atoms with Crippen molar-refractivity contribution in [3.8, 4) is 6.07 Å². The Morgan fingerprint density at radius 3 is 2.37 bits per heavy atom. The minimum Gasteiger partial charge on any atom is -0.480 e. The molecule has 4 rings (SSSR count). The number of carbonyl (C=O) groups is 2. The SMILES string of the molecule is Cc1cc(C#N)cc(C)c1C(=O)NC(Cc1ccc(N2CCC(CNc3ccccn3)CC2)cc1)C(=O)O. The van der Waals surface area contributed by atoms with E-state index >= 15 is 0 Å². The number of pyridine rings is 1. The van der Waals surface area contributed by atoms with Gasteiger partial charge in [-0.2, -0.15) is 5.26 Å². The fourth-order valence-corrected chi connectivity index (χ4v) is 5.01. The van der Waals surface area contributed by atoms with Crippen molar-refractivity contribution < 1.29 is 14.7 Å². The molecule has 1 saturated heterocycles. The first kappa shape index (κ1) is 26.7. The van der Waals surface area contributed by atoms with Crippen molar-refractivity contribution in [2.75, 3.05) is 29.9 Å². The third kappa shape index (κ3) is 6.68. The molecule has 1 aromatic heterocycles. The third-order valence-electron chi connectivity index (χ3n) is 7.08. The molecule has 3 aromatic rings. The van der Waals surface area contributed by atoms with Gasteiger partial charge in [-0.3, -0.25) is 4.79 Å². The van der Waals surface area contributed by atoms with Gasteiger partial charge in [0.05, 0.1) is 11.6 Å². The highest BCUT2D eigenvalue weighted by Crippen LogP contribution is 2.24. The van der Waals surface area contributed by atoms with Gasteiger partial charge in [0.25, 0.3) is 5.91 Å². The molecule has 1 aliphatic heterocycles. The zero-order valence-corrected chi connectivity index (χ0v) is 21.8. The molecule has 2 aromatic carbocycles. The number of nitrogens with zero attached hydrogens (tertiary/aromatic N) is 3. The maximum atomic E-state index is 12.9. The molecule has 2 heterocycles. The number of carbonyl (C=O) groups excluding carboxylic acids is 1. The summed E-state index contributed by atoms with van der Waals surface area (Å²) in [7, 11) is 0. The van der Waals surface area contributed by atoms with E-state index in [2.05, 4.69) is 26.6 Å². The standard InChI is InChI=1S/C30H33N5O3/c1-20-15-24(18-31)16-21(2)28(20)29(36)34-26(30(37)38)17-22-6-8-25(9-7-22)35-13-10-23(11-14-35)19-33-27-5-3-4-12-32-27/h3-9,12,15-16,23,26H,10-11,13-14,17,19H2,1-2H3,(H,32,33)(H,34,36)(H,37,38). The lowest BCUT2D eigenvalue weighted by molar-refractivity contribution is -0.139. The number of nitriles is 1. The number of carboxylic acids is 1. The van der Waals surface area contributed by atoms with Crippen molar-refractivity contribution >= 4 is 23.4 Å². The molecule has 0 spiro atoms. The summed E-state index contributed by atoms with van der Waals surface area (Å²) in [6, 6.07) is 18.1. The summed E-state index contributed by atoms with van der Waals surface area (Å²) >= 11 is 0. The highest BCUT2D eigenvalue weighted by Gasteiger charge is 2.24. The van der Waals surface area contributed by atoms with Crippen LogP contribution in [0.4, 0.5) is 11.5 Å². The van der Waals surface area contributed by atoms with Crippen molar-refractivity contribution in [3.05, 3.63) is 88.6 Å². The smallest absolute Gasteiger partial charge is 0.326 e. The van der Waals surface area contributed by atoms with Gasteiger partial charge in [0.2, 0.25) is 0 Å². The van der Waals surface area contributed by atoms with E-state index in [1.54, 1.807) is 32.2 Å². The Bertz CT molecular complexity index is 1290. The van der Waals surface area contributed by atoms with E-state index in [4.69, 9.17) is 5.26 Å². The average Bonchev–Trinajstić information content (AvgIpc) is 2.92. The van der Waals surface area contributed by atoms with Gasteiger partial charge < -0.3 is 20.6 Å². The number of piperidine rings is 1. The van der Waals surface area contributed by atoms with Crippen LogP contribution in [0.15, 0.2) is 60.8 Å². The van der Waals surface area contributed by atoms with Crippen LogP contribution in [-0.4, -0.2) is 47.6 Å². The number of amides is 1. The molecule has 0 saturated carbocycles. The van der Waals surface area contributed by atoms with Gasteiger partial charge in [0.1, 0.15) is 11.9 Å². The van der Waals surface area contributed by atoms with Crippen LogP contribution in [0.1, 0.15) is 45.5 Å². The fourth-order valence-electron chi connectivity index (χ4n) is 5.01. The van der Waals surface area contributed by atoms with Crippen molar-refractivity contribution in [1.29, 1.82) is 5.26 Å². The van der Waals surface area contributed by atoms with E-state index in [0.717, 1.165) is 49.5 Å². The van der Waals surface area contributed by atoms with E-state index < -0.39 is 17.9 Å². The Kier molecular flexibility index (Phi) is 8.59. The zero-order valence-electron chi connectivity index (χ0n) is 21.8. The normalized spacial score (nSPS) is 14.4. The van der Waals surface area contributed by atoms with Gasteiger partial charge in [-0.05, 0) is 85.7 Å². The molecule has 8 heteroatoms. The third-order valence-corrected chi connectivity index (χ3v) is 7.08. The van der Waals surface area contributed by atoms with Crippen LogP contribution in [0.3, 0.4) is 0 Å². The zero-order chi connectivity index (χ0) is 27.1. The van der Waals surface area contributed by atoms with Crippen molar-refractivity contribution in [1.82, 2.24) is 10.3 Å². The largest absolute Gasteiger partial charge is 0.480 e. The number of carboxylic acid groups (broad SMARTS) is 1. The van der Waals surface area contributed by atoms with E-state index in [9.17, 15) is 14.7 Å². The van der Waals surface area contributed by atoms with Crippen LogP contribution < -0.4 is 15.5 Å². The highest BCUT2D eigenvalue weighted by atomic mass is 16.4. The number of anilines is 2. The van der Waals surface area contributed by atoms with Crippen LogP contribution in [0, 0.1) is 31.1 Å². The molecule has 1 amide bonds. The van der Waals surface area contributed by atoms with E-state index in [0.29, 0.717) is 28.2 Å². The van der Waals surface area contributed by atoms with Gasteiger partial charge in [-0.25, -0.2) is 9.78 Å². The monoisotopic (exact) mass is 511 g/mol. The summed E-state index contributed by atoms with van der Waals surface area (Å²) in [5.41, 5.74) is 4.11. The second-order valence-corrected chi connectivity index (χ2v) is 9.86. The number of hydrogen-bond acceptors (Lipinski definition) is 6. The number of aromatic nitrogens is 1. The predicted octanol–water partition coefficient (Wildman–Crippen LogP) is 4.32. The molecule has 3 N–H and O–H groups in total. The lowest BCUT2D eigenvalue weighted by Crippen LogP contribution is -2.42. The Labute approximate surface area is 223 Å². The molecule has 1 atom stereocenters. The summed E-state index contributed by atoms with van der Waals surface area (Å²) in [5.74, 6) is -0.0407. The second kappa shape index (κ2) is 12.2. The summed E-state index contributed by atoms with van der Waals surface area (Å²) < 4.78 is 0. The predicted molar refractivity (Wildman–Crippen MR) is 147 cm³/mol. The highest BCUT2D eigenvalue weighted by molar-refractivity contribution is 5.99. The van der Waals surface area contributed by atoms with Crippen molar-refractivity contribution in [3.63, 3.8) is 0 Å². The van der Waals surface area contributed by atoms with Crippen LogP contribution >= 0.6 is 0 Å². The Morgan fingerprint density at radius 2 is 1.79 bits per heavy atom. The topological polar surface area (TPSA) is 118 Å². The van der Waals surface area contributed by atoms with E-state index in [1.165, 1.54) is 0 Å². The van der Waals surface area contributed by atoms with Gasteiger partial charge in [-0.1, -0.05) is 18.2 Å². The molecular formula is C30H33N5O3. The maximum absolute atomic E-state index is 12.9. The second-order valence-electron chi connectivity index (χ2n) is 9.86. The summed E-state index contributed by atoms with van der Waals surface area (Å²) in [4.78, 5) is 31.6. The number of hydrogen-bond donors (Lipinski definition) is 3. The van der Waals surface area contributed by atoms with Gasteiger partial charge in [-0.15, -0.1) is 0 Å². The molecule has 0 aliphatic carbocycles. The molecular weight excluding hydrogens is 478 g/mol. The van der Waals surface area contributed by atoms with Crippen LogP contribution in [0.5, 0.6) is 0 Å². The number of benzene rings is 2. The van der Waals surface area contributed by atoms with Gasteiger partial charge >= 0.3 is 5.97 Å². The van der Waals surface area contributed by atoms with E-state index in [-0.39, 0.29) is 6.42 Å². The maximum Gasteiger partial charge on any atom is 0.326 e. The summed E-state index contributed by atoms with van der Waals surface area (Å²) in [6.45, 7) is 6.33. The first-order valence-electron chi connectivity index (χ1n) is 12.9. The first-order valence-corrected chi connectivity index (χ1v) is 12.9. The molecule has 0 bridgehead atoms. The summed E-state index contributed by atoms with van der Waals surface area (Å²) in [5, 5.41) is 25.0. The van der Waals surface area contributed by atoms with E-state index in [1.807, 2.05) is 42.5 Å². The fraction of sp³-hybridized carbons (Fsp3) is 0.333. The Morgan fingerprint density at radius 1 is 1.11 bits per heavy atom. The molecule has 1 aliphatic rings. The minimum atomic E-state index is -1.09. The number of aliphatic carboxylic acids is 1. The molecule has 1 unspecified atom stereocenters. The molecule has 38 heavy (non-hydrogen) atoms. The quantitative estimate of drug-likeness (QED) is 0.391. The molecule has 0 radical (unpaired) electrons. The van der Waals surface area contributed by atoms with Crippen LogP contribution in [0.25, 0.3) is 0 Å². The molecule has 196 valence electrons. The number of rotatable bonds is 9. The lowest BCUT2D eigenvalue weighted by atomic mass is 9.96. The number of nitrogens with one attached hydrogen (secondary N) is 2. The number of aryl methyl sites for hydroxylation is 2. The lowest BCUT2D eigenvalue weighted by Gasteiger charge is -2.34. The first-order chi connectivity index (χ1) is 18.3. The average molecular weight is 512 g/mol. The minimum absolute atomic E-state index is 0.178. The van der Waals surface area contributed by atoms with Gasteiger partial charge in [0.15, 0.2) is 0 Å². The molecule has 8 nitrogen and oxygen atoms in total. The Hall–Kier alpha value is -4.38. The van der Waals surface area contributed by atoms with Crippen molar-refractivity contribution in [2.24, 2.45) is 5.92 Å². The molecule has 1 fully saturated rings. The van der Waals surface area contributed by atoms with Crippen LogP contribution in [-0.2, 0) is 11.2 Å².